The van der Waals surface area contributed by atoms with Crippen LogP contribution in [0, 0.1) is 17.6 Å². The van der Waals surface area contributed by atoms with Gasteiger partial charge in [0, 0.05) is 18.7 Å². The molecule has 0 unspecified atom stereocenters. The molecule has 1 atom stereocenters. The summed E-state index contributed by atoms with van der Waals surface area (Å²) in [6, 6.07) is 2.40. The molecule has 0 aliphatic rings. The lowest BCUT2D eigenvalue weighted by atomic mass is 10.0. The molecule has 2 amide bonds. The van der Waals surface area contributed by atoms with Gasteiger partial charge in [-0.25, -0.2) is 13.6 Å². The van der Waals surface area contributed by atoms with E-state index in [2.05, 4.69) is 10.6 Å². The van der Waals surface area contributed by atoms with Gasteiger partial charge in [0.15, 0.2) is 0 Å². The Balaban J connectivity index is 2.65. The Bertz CT molecular complexity index is 550. The van der Waals surface area contributed by atoms with Crippen molar-refractivity contribution < 1.29 is 23.1 Å². The SMILES string of the molecule is CCOC(=O)N[C@H](CNC(=O)c1ccc(F)cc1F)CC(C)C. The van der Waals surface area contributed by atoms with Gasteiger partial charge in [0.2, 0.25) is 0 Å². The fourth-order valence-electron chi connectivity index (χ4n) is 2.09. The van der Waals surface area contributed by atoms with Crippen LogP contribution in [0.25, 0.3) is 0 Å². The molecule has 0 aliphatic carbocycles. The largest absolute Gasteiger partial charge is 0.450 e. The Kier molecular flexibility index (Phi) is 7.44. The molecule has 1 aromatic rings. The molecule has 0 radical (unpaired) electrons. The maximum absolute atomic E-state index is 13.6. The number of halogens is 2. The first-order chi connectivity index (χ1) is 10.8. The normalized spacial score (nSPS) is 11.9. The topological polar surface area (TPSA) is 67.4 Å². The minimum atomic E-state index is -0.929. The van der Waals surface area contributed by atoms with Gasteiger partial charge in [-0.05, 0) is 31.4 Å². The predicted octanol–water partition coefficient (Wildman–Crippen LogP) is 2.86. The quantitative estimate of drug-likeness (QED) is 0.809. The highest BCUT2D eigenvalue weighted by Crippen LogP contribution is 2.10. The van der Waals surface area contributed by atoms with E-state index in [0.29, 0.717) is 12.5 Å². The van der Waals surface area contributed by atoms with Crippen molar-refractivity contribution in [2.75, 3.05) is 13.2 Å². The van der Waals surface area contributed by atoms with Gasteiger partial charge in [0.05, 0.1) is 12.2 Å². The zero-order valence-corrected chi connectivity index (χ0v) is 13.5. The van der Waals surface area contributed by atoms with E-state index < -0.39 is 23.6 Å². The second-order valence-electron chi connectivity index (χ2n) is 5.53. The minimum absolute atomic E-state index is 0.118. The average molecular weight is 328 g/mol. The maximum Gasteiger partial charge on any atom is 0.407 e. The van der Waals surface area contributed by atoms with Gasteiger partial charge < -0.3 is 15.4 Å². The molecule has 1 rings (SSSR count). The highest BCUT2D eigenvalue weighted by molar-refractivity contribution is 5.94. The number of rotatable bonds is 7. The van der Waals surface area contributed by atoms with Crippen molar-refractivity contribution in [3.05, 3.63) is 35.4 Å². The van der Waals surface area contributed by atoms with Crippen LogP contribution in [-0.4, -0.2) is 31.2 Å². The molecule has 0 heterocycles. The van der Waals surface area contributed by atoms with E-state index in [0.717, 1.165) is 12.1 Å². The summed E-state index contributed by atoms with van der Waals surface area (Å²) in [5.74, 6) is -2.06. The molecule has 0 spiro atoms. The second kappa shape index (κ2) is 9.07. The fraction of sp³-hybridized carbons (Fsp3) is 0.500. The number of carbonyl (C=O) groups excluding carboxylic acids is 2. The van der Waals surface area contributed by atoms with Crippen LogP contribution in [0.15, 0.2) is 18.2 Å². The molecular formula is C16H22F2N2O3. The highest BCUT2D eigenvalue weighted by Gasteiger charge is 2.18. The third kappa shape index (κ3) is 6.63. The zero-order chi connectivity index (χ0) is 17.4. The van der Waals surface area contributed by atoms with Crippen LogP contribution in [0.5, 0.6) is 0 Å². The van der Waals surface area contributed by atoms with Crippen molar-refractivity contribution in [3.8, 4) is 0 Å². The van der Waals surface area contributed by atoms with Gasteiger partial charge >= 0.3 is 6.09 Å². The molecule has 0 saturated carbocycles. The number of alkyl carbamates (subject to hydrolysis) is 1. The summed E-state index contributed by atoms with van der Waals surface area (Å²) >= 11 is 0. The van der Waals surface area contributed by atoms with Crippen LogP contribution in [0.1, 0.15) is 37.6 Å². The van der Waals surface area contributed by atoms with Gasteiger partial charge in [-0.3, -0.25) is 4.79 Å². The van der Waals surface area contributed by atoms with Crippen molar-refractivity contribution in [1.29, 1.82) is 0 Å². The van der Waals surface area contributed by atoms with E-state index in [4.69, 9.17) is 4.74 Å². The third-order valence-corrected chi connectivity index (χ3v) is 3.04. The van der Waals surface area contributed by atoms with Crippen molar-refractivity contribution >= 4 is 12.0 Å². The average Bonchev–Trinajstić information content (AvgIpc) is 2.44. The molecule has 23 heavy (non-hydrogen) atoms. The molecule has 0 bridgehead atoms. The Morgan fingerprint density at radius 2 is 1.96 bits per heavy atom. The Hall–Kier alpha value is -2.18. The molecule has 0 fully saturated rings. The first-order valence-electron chi connectivity index (χ1n) is 7.50. The molecule has 0 aromatic heterocycles. The first kappa shape index (κ1) is 18.9. The van der Waals surface area contributed by atoms with Gasteiger partial charge in [0.1, 0.15) is 11.6 Å². The Morgan fingerprint density at radius 1 is 1.26 bits per heavy atom. The molecule has 128 valence electrons. The van der Waals surface area contributed by atoms with Gasteiger partial charge in [-0.2, -0.15) is 0 Å². The summed E-state index contributed by atoms with van der Waals surface area (Å²) in [6.07, 6.45) is 0.0470. The van der Waals surface area contributed by atoms with Crippen LogP contribution in [0.3, 0.4) is 0 Å². The van der Waals surface area contributed by atoms with E-state index in [1.165, 1.54) is 0 Å². The van der Waals surface area contributed by atoms with Crippen LogP contribution in [0.2, 0.25) is 0 Å². The van der Waals surface area contributed by atoms with Crippen LogP contribution >= 0.6 is 0 Å². The molecule has 0 saturated heterocycles. The standard InChI is InChI=1S/C16H22F2N2O3/c1-4-23-16(22)20-12(7-10(2)3)9-19-15(21)13-6-5-11(17)8-14(13)18/h5-6,8,10,12H,4,7,9H2,1-3H3,(H,19,21)(H,20,22)/t12-/m0/s1. The number of benzene rings is 1. The van der Waals surface area contributed by atoms with Crippen LogP contribution in [-0.2, 0) is 4.74 Å². The number of carbonyl (C=O) groups is 2. The highest BCUT2D eigenvalue weighted by atomic mass is 19.1. The van der Waals surface area contributed by atoms with Gasteiger partial charge in [-0.1, -0.05) is 13.8 Å². The Morgan fingerprint density at radius 3 is 2.52 bits per heavy atom. The summed E-state index contributed by atoms with van der Waals surface area (Å²) in [5, 5.41) is 5.19. The summed E-state index contributed by atoms with van der Waals surface area (Å²) in [6.45, 7) is 6.00. The van der Waals surface area contributed by atoms with Gasteiger partial charge in [-0.15, -0.1) is 0 Å². The lowest BCUT2D eigenvalue weighted by molar-refractivity contribution is 0.0940. The fourth-order valence-corrected chi connectivity index (χ4v) is 2.09. The number of amides is 2. The second-order valence-corrected chi connectivity index (χ2v) is 5.53. The van der Waals surface area contributed by atoms with Crippen molar-refractivity contribution in [3.63, 3.8) is 0 Å². The lowest BCUT2D eigenvalue weighted by Crippen LogP contribution is -2.44. The zero-order valence-electron chi connectivity index (χ0n) is 13.5. The summed E-state index contributed by atoms with van der Waals surface area (Å²) in [7, 11) is 0. The molecule has 0 aliphatic heterocycles. The summed E-state index contributed by atoms with van der Waals surface area (Å²) in [5.41, 5.74) is -0.245. The van der Waals surface area contributed by atoms with Crippen molar-refractivity contribution in [2.24, 2.45) is 5.92 Å². The molecule has 2 N–H and O–H groups in total. The third-order valence-electron chi connectivity index (χ3n) is 3.04. The van der Waals surface area contributed by atoms with E-state index in [1.807, 2.05) is 13.8 Å². The van der Waals surface area contributed by atoms with Gasteiger partial charge in [0.25, 0.3) is 5.91 Å². The van der Waals surface area contributed by atoms with E-state index in [1.54, 1.807) is 6.92 Å². The van der Waals surface area contributed by atoms with E-state index >= 15 is 0 Å². The van der Waals surface area contributed by atoms with E-state index in [-0.39, 0.29) is 30.7 Å². The molecule has 1 aromatic carbocycles. The van der Waals surface area contributed by atoms with Crippen LogP contribution < -0.4 is 10.6 Å². The maximum atomic E-state index is 13.6. The molecule has 7 heteroatoms. The molecule has 5 nitrogen and oxygen atoms in total. The predicted molar refractivity (Wildman–Crippen MR) is 82.1 cm³/mol. The summed E-state index contributed by atoms with van der Waals surface area (Å²) in [4.78, 5) is 23.5. The molecular weight excluding hydrogens is 306 g/mol. The smallest absolute Gasteiger partial charge is 0.407 e. The van der Waals surface area contributed by atoms with Crippen molar-refractivity contribution in [2.45, 2.75) is 33.2 Å². The number of hydrogen-bond donors (Lipinski definition) is 2. The summed E-state index contributed by atoms with van der Waals surface area (Å²) < 4.78 is 31.2. The Labute approximate surface area is 134 Å². The van der Waals surface area contributed by atoms with Crippen molar-refractivity contribution in [1.82, 2.24) is 10.6 Å². The lowest BCUT2D eigenvalue weighted by Gasteiger charge is -2.20. The number of ether oxygens (including phenoxy) is 1. The van der Waals surface area contributed by atoms with E-state index in [9.17, 15) is 18.4 Å². The number of nitrogens with one attached hydrogen (secondary N) is 2. The number of hydrogen-bond acceptors (Lipinski definition) is 3. The minimum Gasteiger partial charge on any atom is -0.450 e. The first-order valence-corrected chi connectivity index (χ1v) is 7.50. The monoisotopic (exact) mass is 328 g/mol. The van der Waals surface area contributed by atoms with Crippen LogP contribution in [0.4, 0.5) is 13.6 Å².